The smallest absolute Gasteiger partial charge is 0.344 e. The standard InChI is InChI=1S/C24H26N2O6S/c1-2-31-24(29)21-22(28)20(33-23(21)26-17-6-4-3-5-7-17)15-16-8-9-19(18(27)14-16)32-13-12-30-11-10-25/h3-9,14-15,27-28H,2,10-13,25H2,1H3/b20-15-,26-23?. The molecule has 0 aromatic heterocycles. The van der Waals surface area contributed by atoms with Crippen molar-refractivity contribution in [3.63, 3.8) is 0 Å². The van der Waals surface area contributed by atoms with Crippen LogP contribution in [0.4, 0.5) is 5.69 Å². The van der Waals surface area contributed by atoms with Crippen molar-refractivity contribution in [2.75, 3.05) is 33.0 Å². The molecule has 3 rings (SSSR count). The van der Waals surface area contributed by atoms with Crippen molar-refractivity contribution in [3.05, 3.63) is 70.3 Å². The highest BCUT2D eigenvalue weighted by atomic mass is 32.2. The highest BCUT2D eigenvalue weighted by Crippen LogP contribution is 2.40. The monoisotopic (exact) mass is 470 g/mol. The van der Waals surface area contributed by atoms with Crippen LogP contribution in [0.3, 0.4) is 0 Å². The van der Waals surface area contributed by atoms with Crippen molar-refractivity contribution in [2.24, 2.45) is 10.7 Å². The van der Waals surface area contributed by atoms with E-state index >= 15 is 0 Å². The Hall–Kier alpha value is -3.27. The van der Waals surface area contributed by atoms with Crippen molar-refractivity contribution in [2.45, 2.75) is 6.92 Å². The van der Waals surface area contributed by atoms with Crippen LogP contribution in [0.15, 0.2) is 69.8 Å². The van der Waals surface area contributed by atoms with Crippen LogP contribution in [-0.4, -0.2) is 54.2 Å². The minimum atomic E-state index is -0.649. The first-order chi connectivity index (χ1) is 16.0. The Bertz CT molecular complexity index is 1070. The molecule has 0 spiro atoms. The number of aromatic hydroxyl groups is 1. The number of thioether (sulfide) groups is 1. The Morgan fingerprint density at radius 2 is 1.91 bits per heavy atom. The predicted molar refractivity (Wildman–Crippen MR) is 129 cm³/mol. The third-order valence-corrected chi connectivity index (χ3v) is 5.41. The second kappa shape index (κ2) is 12.1. The lowest BCUT2D eigenvalue weighted by atomic mass is 10.1. The average Bonchev–Trinajstić information content (AvgIpc) is 3.10. The number of carbonyl (C=O) groups excluding carboxylic acids is 1. The number of aliphatic hydroxyl groups excluding tert-OH is 1. The van der Waals surface area contributed by atoms with Gasteiger partial charge in [-0.25, -0.2) is 9.79 Å². The first-order valence-electron chi connectivity index (χ1n) is 10.4. The quantitative estimate of drug-likeness (QED) is 0.352. The third-order valence-electron chi connectivity index (χ3n) is 4.39. The molecular formula is C24H26N2O6S. The zero-order valence-electron chi connectivity index (χ0n) is 18.2. The van der Waals surface area contributed by atoms with Crippen molar-refractivity contribution in [3.8, 4) is 11.5 Å². The van der Waals surface area contributed by atoms with E-state index in [1.54, 1.807) is 37.3 Å². The molecule has 0 saturated heterocycles. The Balaban J connectivity index is 1.83. The summed E-state index contributed by atoms with van der Waals surface area (Å²) in [6.07, 6.45) is 1.65. The normalized spacial score (nSPS) is 15.9. The molecule has 4 N–H and O–H groups in total. The first kappa shape index (κ1) is 24.4. The molecule has 0 unspecified atom stereocenters. The number of benzene rings is 2. The molecular weight excluding hydrogens is 444 g/mol. The van der Waals surface area contributed by atoms with Gasteiger partial charge >= 0.3 is 5.97 Å². The lowest BCUT2D eigenvalue weighted by Gasteiger charge is -2.09. The second-order valence-electron chi connectivity index (χ2n) is 6.78. The summed E-state index contributed by atoms with van der Waals surface area (Å²) in [5, 5.41) is 21.4. The molecule has 1 aliphatic rings. The van der Waals surface area contributed by atoms with E-state index in [2.05, 4.69) is 4.99 Å². The highest BCUT2D eigenvalue weighted by molar-refractivity contribution is 8.18. The summed E-state index contributed by atoms with van der Waals surface area (Å²) in [4.78, 5) is 17.4. The van der Waals surface area contributed by atoms with E-state index in [1.807, 2.05) is 18.2 Å². The van der Waals surface area contributed by atoms with Crippen LogP contribution in [0.1, 0.15) is 12.5 Å². The van der Waals surface area contributed by atoms with Crippen molar-refractivity contribution in [1.82, 2.24) is 0 Å². The maximum atomic E-state index is 12.5. The molecule has 1 heterocycles. The number of carbonyl (C=O) groups is 1. The summed E-state index contributed by atoms with van der Waals surface area (Å²) in [6, 6.07) is 14.0. The van der Waals surface area contributed by atoms with Crippen LogP contribution in [0.2, 0.25) is 0 Å². The van der Waals surface area contributed by atoms with Crippen LogP contribution in [0.5, 0.6) is 11.5 Å². The highest BCUT2D eigenvalue weighted by Gasteiger charge is 2.33. The Morgan fingerprint density at radius 1 is 1.12 bits per heavy atom. The molecule has 8 nitrogen and oxygen atoms in total. The van der Waals surface area contributed by atoms with Crippen molar-refractivity contribution >= 4 is 34.5 Å². The summed E-state index contributed by atoms with van der Waals surface area (Å²) in [7, 11) is 0. The van der Waals surface area contributed by atoms with Gasteiger partial charge in [-0.05, 0) is 42.8 Å². The van der Waals surface area contributed by atoms with Crippen LogP contribution in [-0.2, 0) is 14.3 Å². The van der Waals surface area contributed by atoms with Gasteiger partial charge in [-0.15, -0.1) is 0 Å². The summed E-state index contributed by atoms with van der Waals surface area (Å²) < 4.78 is 15.9. The number of nitrogens with two attached hydrogens (primary N) is 1. The number of aliphatic imine (C=N–C) groups is 1. The molecule has 33 heavy (non-hydrogen) atoms. The van der Waals surface area contributed by atoms with E-state index in [0.29, 0.717) is 46.7 Å². The molecule has 0 radical (unpaired) electrons. The Labute approximate surface area is 196 Å². The number of para-hydroxylation sites is 1. The molecule has 9 heteroatoms. The van der Waals surface area contributed by atoms with Crippen LogP contribution in [0.25, 0.3) is 6.08 Å². The molecule has 0 amide bonds. The van der Waals surface area contributed by atoms with Gasteiger partial charge in [0.25, 0.3) is 0 Å². The fourth-order valence-electron chi connectivity index (χ4n) is 2.91. The Kier molecular flexibility index (Phi) is 8.94. The maximum Gasteiger partial charge on any atom is 0.344 e. The number of rotatable bonds is 10. The third kappa shape index (κ3) is 6.61. The van der Waals surface area contributed by atoms with Gasteiger partial charge in [0.05, 0.1) is 30.4 Å². The fraction of sp³-hybridized carbons (Fsp3) is 0.250. The molecule has 2 aromatic rings. The van der Waals surface area contributed by atoms with E-state index in [9.17, 15) is 15.0 Å². The second-order valence-corrected chi connectivity index (χ2v) is 7.81. The molecule has 0 saturated carbocycles. The van der Waals surface area contributed by atoms with Gasteiger partial charge in [0, 0.05) is 6.54 Å². The summed E-state index contributed by atoms with van der Waals surface area (Å²) >= 11 is 1.15. The number of phenolic OH excluding ortho intramolecular Hbond substituents is 1. The van der Waals surface area contributed by atoms with E-state index in [-0.39, 0.29) is 30.3 Å². The van der Waals surface area contributed by atoms with Gasteiger partial charge in [0.2, 0.25) is 0 Å². The molecule has 0 bridgehead atoms. The zero-order chi connectivity index (χ0) is 23.6. The van der Waals surface area contributed by atoms with E-state index in [0.717, 1.165) is 11.8 Å². The minimum absolute atomic E-state index is 0.0126. The van der Waals surface area contributed by atoms with E-state index < -0.39 is 5.97 Å². The summed E-state index contributed by atoms with van der Waals surface area (Å²) in [6.45, 7) is 3.38. The summed E-state index contributed by atoms with van der Waals surface area (Å²) in [5.41, 5.74) is 6.62. The predicted octanol–water partition coefficient (Wildman–Crippen LogP) is 3.94. The molecule has 2 aromatic carbocycles. The average molecular weight is 471 g/mol. The zero-order valence-corrected chi connectivity index (χ0v) is 19.0. The number of aliphatic hydroxyl groups is 1. The number of hydrogen-bond donors (Lipinski definition) is 3. The largest absolute Gasteiger partial charge is 0.506 e. The maximum absolute atomic E-state index is 12.5. The fourth-order valence-corrected chi connectivity index (χ4v) is 3.94. The topological polar surface area (TPSA) is 124 Å². The number of nitrogens with zero attached hydrogens (tertiary/aromatic N) is 1. The summed E-state index contributed by atoms with van der Waals surface area (Å²) in [5.74, 6) is -0.613. The Morgan fingerprint density at radius 3 is 2.61 bits per heavy atom. The van der Waals surface area contributed by atoms with Gasteiger partial charge in [0.15, 0.2) is 11.5 Å². The number of esters is 1. The van der Waals surface area contributed by atoms with Crippen molar-refractivity contribution in [1.29, 1.82) is 0 Å². The van der Waals surface area contributed by atoms with Gasteiger partial charge in [-0.2, -0.15) is 0 Å². The lowest BCUT2D eigenvalue weighted by molar-refractivity contribution is -0.138. The lowest BCUT2D eigenvalue weighted by Crippen LogP contribution is -2.13. The van der Waals surface area contributed by atoms with Gasteiger partial charge in [-0.1, -0.05) is 36.0 Å². The van der Waals surface area contributed by atoms with Crippen LogP contribution >= 0.6 is 11.8 Å². The molecule has 0 atom stereocenters. The van der Waals surface area contributed by atoms with Gasteiger partial charge < -0.3 is 30.2 Å². The number of hydrogen-bond acceptors (Lipinski definition) is 9. The van der Waals surface area contributed by atoms with Gasteiger partial charge in [-0.3, -0.25) is 0 Å². The van der Waals surface area contributed by atoms with Crippen LogP contribution in [0, 0.1) is 0 Å². The first-order valence-corrected chi connectivity index (χ1v) is 11.2. The van der Waals surface area contributed by atoms with E-state index in [4.69, 9.17) is 19.9 Å². The van der Waals surface area contributed by atoms with Gasteiger partial charge in [0.1, 0.15) is 23.0 Å². The number of phenols is 1. The molecule has 0 aliphatic carbocycles. The molecule has 1 aliphatic heterocycles. The van der Waals surface area contributed by atoms with E-state index in [1.165, 1.54) is 6.07 Å². The van der Waals surface area contributed by atoms with Crippen molar-refractivity contribution < 1.29 is 29.2 Å². The molecule has 0 fully saturated rings. The SMILES string of the molecule is CCOC(=O)C1=C(O)/C(=C/c2ccc(OCCOCCN)c(O)c2)SC1=Nc1ccccc1. The number of ether oxygens (including phenoxy) is 3. The van der Waals surface area contributed by atoms with Crippen LogP contribution < -0.4 is 10.5 Å². The minimum Gasteiger partial charge on any atom is -0.506 e. The molecule has 174 valence electrons.